The van der Waals surface area contributed by atoms with Crippen LogP contribution >= 0.6 is 15.9 Å². The molecule has 0 saturated heterocycles. The summed E-state index contributed by atoms with van der Waals surface area (Å²) >= 11 is 3.96. The van der Waals surface area contributed by atoms with E-state index in [0.29, 0.717) is 0 Å². The molecule has 0 amide bonds. The molecular formula is C16H29Br. The zero-order valence-corrected chi connectivity index (χ0v) is 13.2. The minimum Gasteiger partial charge on any atom is -0.0888 e. The summed E-state index contributed by atoms with van der Waals surface area (Å²) in [5.41, 5.74) is 0. The second-order valence-electron chi connectivity index (χ2n) is 6.83. The number of halogens is 1. The zero-order chi connectivity index (χ0) is 12.3. The van der Waals surface area contributed by atoms with Crippen LogP contribution in [0.5, 0.6) is 0 Å². The summed E-state index contributed by atoms with van der Waals surface area (Å²) in [7, 11) is 0. The monoisotopic (exact) mass is 300 g/mol. The fourth-order valence-electron chi connectivity index (χ4n) is 3.96. The van der Waals surface area contributed by atoms with Gasteiger partial charge in [-0.3, -0.25) is 0 Å². The van der Waals surface area contributed by atoms with E-state index in [2.05, 4.69) is 29.8 Å². The van der Waals surface area contributed by atoms with Crippen LogP contribution in [-0.4, -0.2) is 4.83 Å². The number of alkyl halides is 1. The Bertz CT molecular complexity index is 218. The van der Waals surface area contributed by atoms with Gasteiger partial charge in [0.1, 0.15) is 0 Å². The Morgan fingerprint density at radius 1 is 1.00 bits per heavy atom. The number of hydrogen-bond acceptors (Lipinski definition) is 0. The highest BCUT2D eigenvalue weighted by Gasteiger charge is 2.32. The largest absolute Gasteiger partial charge is 0.0888 e. The molecule has 0 nitrogen and oxygen atoms in total. The van der Waals surface area contributed by atoms with Crippen molar-refractivity contribution in [1.82, 2.24) is 0 Å². The highest BCUT2D eigenvalue weighted by molar-refractivity contribution is 9.09. The van der Waals surface area contributed by atoms with Gasteiger partial charge < -0.3 is 0 Å². The lowest BCUT2D eigenvalue weighted by molar-refractivity contribution is 0.183. The summed E-state index contributed by atoms with van der Waals surface area (Å²) in [6.45, 7) is 4.83. The number of rotatable bonds is 3. The molecule has 3 unspecified atom stereocenters. The van der Waals surface area contributed by atoms with Crippen LogP contribution in [0, 0.1) is 23.7 Å². The lowest BCUT2D eigenvalue weighted by atomic mass is 9.71. The highest BCUT2D eigenvalue weighted by Crippen LogP contribution is 2.42. The Morgan fingerprint density at radius 2 is 1.71 bits per heavy atom. The van der Waals surface area contributed by atoms with Gasteiger partial charge in [0.25, 0.3) is 0 Å². The third-order valence-electron chi connectivity index (χ3n) is 5.23. The summed E-state index contributed by atoms with van der Waals surface area (Å²) in [6, 6.07) is 0. The molecule has 0 heterocycles. The minimum atomic E-state index is 0.819. The molecule has 100 valence electrons. The molecule has 2 aliphatic carbocycles. The van der Waals surface area contributed by atoms with Crippen molar-refractivity contribution in [2.24, 2.45) is 23.7 Å². The topological polar surface area (TPSA) is 0 Å². The average Bonchev–Trinajstić information content (AvgIpc) is 2.33. The smallest absolute Gasteiger partial charge is 0.0174 e. The van der Waals surface area contributed by atoms with Crippen molar-refractivity contribution in [3.8, 4) is 0 Å². The van der Waals surface area contributed by atoms with E-state index < -0.39 is 0 Å². The fraction of sp³-hybridized carbons (Fsp3) is 1.00. The molecule has 0 aromatic rings. The predicted molar refractivity (Wildman–Crippen MR) is 79.6 cm³/mol. The molecule has 3 atom stereocenters. The van der Waals surface area contributed by atoms with Crippen molar-refractivity contribution >= 4 is 15.9 Å². The molecule has 0 aromatic heterocycles. The molecule has 1 heteroatoms. The molecule has 2 rings (SSSR count). The van der Waals surface area contributed by atoms with Crippen LogP contribution in [0.3, 0.4) is 0 Å². The molecule has 17 heavy (non-hydrogen) atoms. The van der Waals surface area contributed by atoms with Gasteiger partial charge in [-0.2, -0.15) is 0 Å². The van der Waals surface area contributed by atoms with Crippen LogP contribution in [0.15, 0.2) is 0 Å². The van der Waals surface area contributed by atoms with E-state index in [4.69, 9.17) is 0 Å². The Labute approximate surface area is 116 Å². The average molecular weight is 301 g/mol. The lowest BCUT2D eigenvalue weighted by Gasteiger charge is -2.37. The van der Waals surface area contributed by atoms with Crippen molar-refractivity contribution in [2.75, 3.05) is 0 Å². The molecule has 0 bridgehead atoms. The maximum Gasteiger partial charge on any atom is 0.0174 e. The van der Waals surface area contributed by atoms with Gasteiger partial charge in [0, 0.05) is 4.83 Å². The van der Waals surface area contributed by atoms with Crippen molar-refractivity contribution in [1.29, 1.82) is 0 Å². The van der Waals surface area contributed by atoms with E-state index in [1.165, 1.54) is 57.8 Å². The van der Waals surface area contributed by atoms with Gasteiger partial charge in [-0.25, -0.2) is 0 Å². The molecule has 0 spiro atoms. The Hall–Kier alpha value is 0.480. The highest BCUT2D eigenvalue weighted by atomic mass is 79.9. The first-order valence-corrected chi connectivity index (χ1v) is 8.72. The molecule has 2 fully saturated rings. The van der Waals surface area contributed by atoms with Crippen LogP contribution in [0.4, 0.5) is 0 Å². The van der Waals surface area contributed by atoms with Crippen molar-refractivity contribution in [2.45, 2.75) is 76.5 Å². The lowest BCUT2D eigenvalue weighted by Crippen LogP contribution is -2.29. The summed E-state index contributed by atoms with van der Waals surface area (Å²) in [5, 5.41) is 0. The van der Waals surface area contributed by atoms with Crippen LogP contribution in [0.2, 0.25) is 0 Å². The Balaban J connectivity index is 1.84. The normalized spacial score (nSPS) is 36.4. The first-order valence-electron chi connectivity index (χ1n) is 7.81. The summed E-state index contributed by atoms with van der Waals surface area (Å²) in [5.74, 6) is 3.92. The first-order chi connectivity index (χ1) is 8.16. The SMILES string of the molecule is CC(C)C1CCC(Br)C(CC2CCCCC2)C1. The molecule has 0 radical (unpaired) electrons. The molecule has 2 aliphatic rings. The van der Waals surface area contributed by atoms with Crippen LogP contribution in [0.25, 0.3) is 0 Å². The van der Waals surface area contributed by atoms with Gasteiger partial charge in [0.05, 0.1) is 0 Å². The van der Waals surface area contributed by atoms with Crippen LogP contribution < -0.4 is 0 Å². The standard InChI is InChI=1S/C16H29Br/c1-12(2)14-8-9-16(17)15(11-14)10-13-6-4-3-5-7-13/h12-16H,3-11H2,1-2H3. The van der Waals surface area contributed by atoms with E-state index in [1.54, 1.807) is 0 Å². The molecule has 0 aliphatic heterocycles. The van der Waals surface area contributed by atoms with Crippen LogP contribution in [0.1, 0.15) is 71.6 Å². The third kappa shape index (κ3) is 3.98. The van der Waals surface area contributed by atoms with E-state index >= 15 is 0 Å². The second kappa shape index (κ2) is 6.59. The van der Waals surface area contributed by atoms with Gasteiger partial charge in [0.2, 0.25) is 0 Å². The van der Waals surface area contributed by atoms with Gasteiger partial charge in [-0.1, -0.05) is 61.9 Å². The van der Waals surface area contributed by atoms with Crippen molar-refractivity contribution < 1.29 is 0 Å². The van der Waals surface area contributed by atoms with E-state index in [-0.39, 0.29) is 0 Å². The molecular weight excluding hydrogens is 272 g/mol. The predicted octanol–water partition coefficient (Wildman–Crippen LogP) is 5.79. The quantitative estimate of drug-likeness (QED) is 0.578. The van der Waals surface area contributed by atoms with Crippen molar-refractivity contribution in [3.05, 3.63) is 0 Å². The van der Waals surface area contributed by atoms with Crippen molar-refractivity contribution in [3.63, 3.8) is 0 Å². The summed E-state index contributed by atoms with van der Waals surface area (Å²) in [6.07, 6.45) is 13.4. The summed E-state index contributed by atoms with van der Waals surface area (Å²) in [4.78, 5) is 0.819. The van der Waals surface area contributed by atoms with E-state index in [1.807, 2.05) is 0 Å². The number of hydrogen-bond donors (Lipinski definition) is 0. The molecule has 2 saturated carbocycles. The third-order valence-corrected chi connectivity index (χ3v) is 6.44. The van der Waals surface area contributed by atoms with Gasteiger partial charge in [-0.15, -0.1) is 0 Å². The second-order valence-corrected chi connectivity index (χ2v) is 8.01. The van der Waals surface area contributed by atoms with Gasteiger partial charge in [0.15, 0.2) is 0 Å². The fourth-order valence-corrected chi connectivity index (χ4v) is 4.66. The van der Waals surface area contributed by atoms with Crippen LogP contribution in [-0.2, 0) is 0 Å². The van der Waals surface area contributed by atoms with Gasteiger partial charge >= 0.3 is 0 Å². The maximum absolute atomic E-state index is 3.96. The zero-order valence-electron chi connectivity index (χ0n) is 11.6. The first kappa shape index (κ1) is 13.9. The Morgan fingerprint density at radius 3 is 2.35 bits per heavy atom. The van der Waals surface area contributed by atoms with E-state index in [0.717, 1.165) is 28.5 Å². The summed E-state index contributed by atoms with van der Waals surface area (Å²) < 4.78 is 0. The molecule has 0 N–H and O–H groups in total. The minimum absolute atomic E-state index is 0.819. The van der Waals surface area contributed by atoms with Gasteiger partial charge in [-0.05, 0) is 49.4 Å². The molecule has 0 aromatic carbocycles. The Kier molecular flexibility index (Phi) is 5.39. The van der Waals surface area contributed by atoms with E-state index in [9.17, 15) is 0 Å². The maximum atomic E-state index is 3.96.